The molecule has 1 nitrogen and oxygen atoms in total. The Morgan fingerprint density at radius 2 is 1.90 bits per heavy atom. The van der Waals surface area contributed by atoms with Crippen molar-refractivity contribution >= 4 is 13.9 Å². The van der Waals surface area contributed by atoms with Gasteiger partial charge in [-0.3, -0.25) is 4.79 Å². The van der Waals surface area contributed by atoms with E-state index in [1.165, 1.54) is 0 Å². The van der Waals surface area contributed by atoms with Crippen LogP contribution in [0.5, 0.6) is 0 Å². The zero-order valence-electron chi connectivity index (χ0n) is 7.27. The van der Waals surface area contributed by atoms with E-state index in [0.717, 1.165) is 0 Å². The molecule has 2 heteroatoms. The molecule has 0 spiro atoms. The molecule has 0 aromatic carbocycles. The van der Waals surface area contributed by atoms with Crippen molar-refractivity contribution in [2.45, 2.75) is 33.0 Å². The van der Waals surface area contributed by atoms with Crippen molar-refractivity contribution in [1.82, 2.24) is 0 Å². The van der Waals surface area contributed by atoms with Gasteiger partial charge in [0.25, 0.3) is 0 Å². The zero-order chi connectivity index (χ0) is 8.20. The molecule has 10 heavy (non-hydrogen) atoms. The highest BCUT2D eigenvalue weighted by Gasteiger charge is 2.07. The van der Waals surface area contributed by atoms with Gasteiger partial charge in [-0.15, -0.1) is 0 Å². The lowest BCUT2D eigenvalue weighted by atomic mass is 10.3. The number of carbonyl (C=O) groups excluding carboxylic acids is 1. The van der Waals surface area contributed by atoms with E-state index in [2.05, 4.69) is 25.3 Å². The molecule has 0 aliphatic rings. The highest BCUT2D eigenvalue weighted by atomic mass is 28.3. The summed E-state index contributed by atoms with van der Waals surface area (Å²) in [7, 11) is -1.14. The minimum Gasteiger partial charge on any atom is -0.295 e. The summed E-state index contributed by atoms with van der Waals surface area (Å²) in [5.74, 6) is 0.238. The smallest absolute Gasteiger partial charge is 0.154 e. The predicted octanol–water partition coefficient (Wildman–Crippen LogP) is 2.40. The van der Waals surface area contributed by atoms with Crippen LogP contribution >= 0.6 is 0 Å². The summed E-state index contributed by atoms with van der Waals surface area (Å²) < 4.78 is 0. The van der Waals surface area contributed by atoms with Crippen LogP contribution < -0.4 is 0 Å². The maximum atomic E-state index is 10.8. The normalized spacial score (nSPS) is 12.4. The summed E-state index contributed by atoms with van der Waals surface area (Å²) in [6.07, 6.45) is 2.35. The van der Waals surface area contributed by atoms with Crippen LogP contribution in [0, 0.1) is 0 Å². The molecule has 0 fully saturated rings. The van der Waals surface area contributed by atoms with E-state index in [1.807, 2.05) is 6.92 Å². The van der Waals surface area contributed by atoms with Gasteiger partial charge in [0.15, 0.2) is 5.78 Å². The highest BCUT2D eigenvalue weighted by molar-refractivity contribution is 6.81. The Hall–Kier alpha value is -0.373. The van der Waals surface area contributed by atoms with Gasteiger partial charge in [-0.25, -0.2) is 0 Å². The first-order valence-electron chi connectivity index (χ1n) is 3.68. The van der Waals surface area contributed by atoms with Gasteiger partial charge in [-0.2, -0.15) is 0 Å². The van der Waals surface area contributed by atoms with Gasteiger partial charge in [0.1, 0.15) is 0 Å². The maximum Gasteiger partial charge on any atom is 0.154 e. The SMILES string of the molecule is CCC(=O)/C=C\[Si](C)(C)C. The van der Waals surface area contributed by atoms with Gasteiger partial charge >= 0.3 is 0 Å². The maximum absolute atomic E-state index is 10.8. The fraction of sp³-hybridized carbons (Fsp3) is 0.625. The minimum atomic E-state index is -1.14. The largest absolute Gasteiger partial charge is 0.295 e. The molecule has 0 aromatic heterocycles. The molecular formula is C8H16OSi. The Morgan fingerprint density at radius 1 is 1.40 bits per heavy atom. The van der Waals surface area contributed by atoms with Crippen molar-refractivity contribution in [3.05, 3.63) is 11.8 Å². The van der Waals surface area contributed by atoms with Gasteiger partial charge in [-0.05, 0) is 6.08 Å². The van der Waals surface area contributed by atoms with Crippen molar-refractivity contribution in [1.29, 1.82) is 0 Å². The van der Waals surface area contributed by atoms with Crippen LogP contribution in [-0.4, -0.2) is 13.9 Å². The van der Waals surface area contributed by atoms with E-state index in [0.29, 0.717) is 6.42 Å². The Morgan fingerprint density at radius 3 is 2.20 bits per heavy atom. The second-order valence-electron chi connectivity index (χ2n) is 3.52. The number of carbonyl (C=O) groups is 1. The van der Waals surface area contributed by atoms with Crippen molar-refractivity contribution in [3.8, 4) is 0 Å². The molecular weight excluding hydrogens is 140 g/mol. The summed E-state index contributed by atoms with van der Waals surface area (Å²) in [6, 6.07) is 0. The van der Waals surface area contributed by atoms with Crippen molar-refractivity contribution in [3.63, 3.8) is 0 Å². The monoisotopic (exact) mass is 156 g/mol. The third-order valence-corrected chi connectivity index (χ3v) is 2.28. The lowest BCUT2D eigenvalue weighted by Gasteiger charge is -2.06. The van der Waals surface area contributed by atoms with Crippen molar-refractivity contribution in [2.75, 3.05) is 0 Å². The summed E-state index contributed by atoms with van der Waals surface area (Å²) in [6.45, 7) is 8.53. The van der Waals surface area contributed by atoms with E-state index in [4.69, 9.17) is 0 Å². The lowest BCUT2D eigenvalue weighted by Crippen LogP contribution is -2.16. The lowest BCUT2D eigenvalue weighted by molar-refractivity contribution is -0.114. The second kappa shape index (κ2) is 3.71. The van der Waals surface area contributed by atoms with Crippen LogP contribution in [0.1, 0.15) is 13.3 Å². The van der Waals surface area contributed by atoms with Crippen LogP contribution in [0.15, 0.2) is 11.8 Å². The molecule has 0 N–H and O–H groups in total. The van der Waals surface area contributed by atoms with Crippen LogP contribution in [0.3, 0.4) is 0 Å². The fourth-order valence-electron chi connectivity index (χ4n) is 0.461. The van der Waals surface area contributed by atoms with E-state index in [-0.39, 0.29) is 5.78 Å². The molecule has 0 saturated carbocycles. The highest BCUT2D eigenvalue weighted by Crippen LogP contribution is 2.01. The summed E-state index contributed by atoms with van der Waals surface area (Å²) in [5.41, 5.74) is 2.08. The molecule has 0 saturated heterocycles. The van der Waals surface area contributed by atoms with Crippen LogP contribution in [0.2, 0.25) is 19.6 Å². The quantitative estimate of drug-likeness (QED) is 0.453. The number of ketones is 1. The average Bonchev–Trinajstić information content (AvgIpc) is 1.81. The van der Waals surface area contributed by atoms with Crippen molar-refractivity contribution in [2.24, 2.45) is 0 Å². The molecule has 0 aromatic rings. The van der Waals surface area contributed by atoms with E-state index >= 15 is 0 Å². The number of rotatable bonds is 3. The number of hydrogen-bond acceptors (Lipinski definition) is 1. The van der Waals surface area contributed by atoms with Gasteiger partial charge in [0.05, 0.1) is 8.07 Å². The molecule has 0 heterocycles. The van der Waals surface area contributed by atoms with Crippen LogP contribution in [0.25, 0.3) is 0 Å². The third kappa shape index (κ3) is 5.76. The first-order chi connectivity index (χ1) is 4.45. The zero-order valence-corrected chi connectivity index (χ0v) is 8.27. The van der Waals surface area contributed by atoms with Crippen LogP contribution in [-0.2, 0) is 4.79 Å². The number of allylic oxidation sites excluding steroid dienone is 1. The number of hydrogen-bond donors (Lipinski definition) is 0. The Labute approximate surface area is 64.1 Å². The Bertz CT molecular complexity index is 142. The van der Waals surface area contributed by atoms with E-state index in [1.54, 1.807) is 6.08 Å². The van der Waals surface area contributed by atoms with E-state index in [9.17, 15) is 4.79 Å². The average molecular weight is 156 g/mol. The summed E-state index contributed by atoms with van der Waals surface area (Å²) in [5, 5.41) is 0. The van der Waals surface area contributed by atoms with Crippen molar-refractivity contribution < 1.29 is 4.79 Å². The molecule has 0 amide bonds. The van der Waals surface area contributed by atoms with Gasteiger partial charge in [0, 0.05) is 6.42 Å². The second-order valence-corrected chi connectivity index (χ2v) is 8.58. The molecule has 0 bridgehead atoms. The molecule has 0 rings (SSSR count). The van der Waals surface area contributed by atoms with Crippen LogP contribution in [0.4, 0.5) is 0 Å². The topological polar surface area (TPSA) is 17.1 Å². The molecule has 0 radical (unpaired) electrons. The standard InChI is InChI=1S/C8H16OSi/c1-5-8(9)6-7-10(2,3)4/h6-7H,5H2,1-4H3/b7-6-. The minimum absolute atomic E-state index is 0.238. The molecule has 0 unspecified atom stereocenters. The van der Waals surface area contributed by atoms with Gasteiger partial charge in [0.2, 0.25) is 0 Å². The Balaban J connectivity index is 3.88. The van der Waals surface area contributed by atoms with E-state index < -0.39 is 8.07 Å². The fourth-order valence-corrected chi connectivity index (χ4v) is 1.15. The Kier molecular flexibility index (Phi) is 3.57. The third-order valence-electron chi connectivity index (χ3n) is 1.12. The molecule has 58 valence electrons. The summed E-state index contributed by atoms with van der Waals surface area (Å²) >= 11 is 0. The summed E-state index contributed by atoms with van der Waals surface area (Å²) in [4.78, 5) is 10.8. The molecule has 0 aliphatic carbocycles. The first kappa shape index (κ1) is 9.63. The first-order valence-corrected chi connectivity index (χ1v) is 7.25. The van der Waals surface area contributed by atoms with Gasteiger partial charge < -0.3 is 0 Å². The molecule has 0 atom stereocenters. The predicted molar refractivity (Wildman–Crippen MR) is 47.8 cm³/mol. The van der Waals surface area contributed by atoms with Gasteiger partial charge in [-0.1, -0.05) is 32.3 Å². The molecule has 0 aliphatic heterocycles.